The van der Waals surface area contributed by atoms with Crippen LogP contribution in [0.2, 0.25) is 0 Å². The van der Waals surface area contributed by atoms with Gasteiger partial charge in [0.1, 0.15) is 0 Å². The number of hydrogen-bond acceptors (Lipinski definition) is 5. The molecule has 2 aromatic heterocycles. The molecule has 0 amide bonds. The Labute approximate surface area is 93.2 Å². The summed E-state index contributed by atoms with van der Waals surface area (Å²) >= 11 is 0. The van der Waals surface area contributed by atoms with E-state index in [1.165, 1.54) is 0 Å². The van der Waals surface area contributed by atoms with E-state index in [0.29, 0.717) is 11.7 Å². The van der Waals surface area contributed by atoms with Crippen LogP contribution in [0, 0.1) is 6.92 Å². The molecule has 6 nitrogen and oxygen atoms in total. The second-order valence-electron chi connectivity index (χ2n) is 3.76. The van der Waals surface area contributed by atoms with E-state index >= 15 is 0 Å². The largest absolute Gasteiger partial charge is 0.334 e. The molecule has 0 radical (unpaired) electrons. The van der Waals surface area contributed by atoms with Gasteiger partial charge in [0.05, 0.1) is 17.8 Å². The van der Waals surface area contributed by atoms with Crippen molar-refractivity contribution in [2.45, 2.75) is 32.7 Å². The maximum atomic E-state index is 5.90. The minimum absolute atomic E-state index is 0.158. The number of aromatic nitrogens is 4. The maximum absolute atomic E-state index is 5.90. The summed E-state index contributed by atoms with van der Waals surface area (Å²) in [6.07, 6.45) is 3.51. The number of nitrogens with two attached hydrogens (primary N) is 1. The highest BCUT2D eigenvalue weighted by Gasteiger charge is 2.16. The van der Waals surface area contributed by atoms with E-state index in [1.807, 2.05) is 6.92 Å². The molecule has 3 N–H and O–H groups in total. The molecular formula is C10H15N5O. The van der Waals surface area contributed by atoms with Crippen molar-refractivity contribution < 1.29 is 4.52 Å². The van der Waals surface area contributed by atoms with Crippen molar-refractivity contribution >= 4 is 0 Å². The monoisotopic (exact) mass is 221 g/mol. The predicted molar refractivity (Wildman–Crippen MR) is 58.5 cm³/mol. The number of rotatable bonds is 4. The van der Waals surface area contributed by atoms with Gasteiger partial charge in [0.25, 0.3) is 5.89 Å². The Balaban J connectivity index is 2.23. The molecule has 0 saturated heterocycles. The molecule has 0 aliphatic rings. The highest BCUT2D eigenvalue weighted by molar-refractivity contribution is 5.54. The molecule has 0 aliphatic carbocycles. The fourth-order valence-electron chi connectivity index (χ4n) is 1.50. The summed E-state index contributed by atoms with van der Waals surface area (Å²) in [6.45, 7) is 3.97. The van der Waals surface area contributed by atoms with Crippen LogP contribution in [0.1, 0.15) is 37.3 Å². The molecule has 0 aliphatic heterocycles. The van der Waals surface area contributed by atoms with E-state index in [1.54, 1.807) is 6.20 Å². The van der Waals surface area contributed by atoms with E-state index in [9.17, 15) is 0 Å². The molecule has 0 saturated carbocycles. The predicted octanol–water partition coefficient (Wildman–Crippen LogP) is 1.57. The van der Waals surface area contributed by atoms with Gasteiger partial charge in [-0.1, -0.05) is 18.5 Å². The molecule has 16 heavy (non-hydrogen) atoms. The van der Waals surface area contributed by atoms with Gasteiger partial charge in [-0.3, -0.25) is 5.10 Å². The van der Waals surface area contributed by atoms with Gasteiger partial charge in [-0.25, -0.2) is 0 Å². The fraction of sp³-hybridized carbons (Fsp3) is 0.500. The zero-order valence-corrected chi connectivity index (χ0v) is 9.40. The smallest absolute Gasteiger partial charge is 0.261 e. The Morgan fingerprint density at radius 1 is 1.56 bits per heavy atom. The molecule has 86 valence electrons. The van der Waals surface area contributed by atoms with Gasteiger partial charge in [-0.15, -0.1) is 0 Å². The summed E-state index contributed by atoms with van der Waals surface area (Å²) in [7, 11) is 0. The first-order valence-corrected chi connectivity index (χ1v) is 5.32. The number of aromatic amines is 1. The molecule has 2 aromatic rings. The highest BCUT2D eigenvalue weighted by Crippen LogP contribution is 2.21. The van der Waals surface area contributed by atoms with Crippen molar-refractivity contribution in [2.24, 2.45) is 5.73 Å². The lowest BCUT2D eigenvalue weighted by molar-refractivity contribution is 0.413. The lowest BCUT2D eigenvalue weighted by Crippen LogP contribution is -2.11. The first-order chi connectivity index (χ1) is 7.72. The Morgan fingerprint density at radius 2 is 2.38 bits per heavy atom. The molecule has 0 bridgehead atoms. The van der Waals surface area contributed by atoms with Crippen LogP contribution in [0.15, 0.2) is 10.7 Å². The molecule has 2 rings (SSSR count). The number of nitrogens with one attached hydrogen (secondary N) is 1. The van der Waals surface area contributed by atoms with E-state index in [4.69, 9.17) is 10.3 Å². The number of H-pyrrole nitrogens is 1. The molecule has 1 unspecified atom stereocenters. The van der Waals surface area contributed by atoms with Gasteiger partial charge in [-0.2, -0.15) is 10.1 Å². The number of nitrogens with zero attached hydrogens (tertiary/aromatic N) is 3. The van der Waals surface area contributed by atoms with Crippen LogP contribution < -0.4 is 5.73 Å². The Morgan fingerprint density at radius 3 is 3.00 bits per heavy atom. The first kappa shape index (κ1) is 10.8. The van der Waals surface area contributed by atoms with E-state index in [2.05, 4.69) is 27.3 Å². The van der Waals surface area contributed by atoms with Crippen molar-refractivity contribution in [1.82, 2.24) is 20.3 Å². The van der Waals surface area contributed by atoms with Gasteiger partial charge in [-0.05, 0) is 13.3 Å². The maximum Gasteiger partial charge on any atom is 0.261 e. The minimum Gasteiger partial charge on any atom is -0.334 e. The summed E-state index contributed by atoms with van der Waals surface area (Å²) in [6, 6.07) is -0.158. The summed E-state index contributed by atoms with van der Waals surface area (Å²) in [5, 5.41) is 10.6. The standard InChI is InChI=1S/C10H15N5O/c1-3-4-8(11)9-13-10(16-15-9)7-5-12-14-6(7)2/h5,8H,3-4,11H2,1-2H3,(H,12,14). The van der Waals surface area contributed by atoms with Crippen LogP contribution in [-0.2, 0) is 0 Å². The van der Waals surface area contributed by atoms with E-state index in [-0.39, 0.29) is 6.04 Å². The van der Waals surface area contributed by atoms with Gasteiger partial charge < -0.3 is 10.3 Å². The lowest BCUT2D eigenvalue weighted by atomic mass is 10.2. The second-order valence-corrected chi connectivity index (χ2v) is 3.76. The minimum atomic E-state index is -0.158. The van der Waals surface area contributed by atoms with Crippen molar-refractivity contribution in [3.63, 3.8) is 0 Å². The number of hydrogen-bond donors (Lipinski definition) is 2. The Bertz CT molecular complexity index is 461. The van der Waals surface area contributed by atoms with E-state index in [0.717, 1.165) is 24.1 Å². The van der Waals surface area contributed by atoms with Gasteiger partial charge in [0.15, 0.2) is 5.82 Å². The van der Waals surface area contributed by atoms with Crippen LogP contribution >= 0.6 is 0 Å². The molecule has 0 fully saturated rings. The average molecular weight is 221 g/mol. The Kier molecular flexibility index (Phi) is 3.00. The molecule has 0 aromatic carbocycles. The third kappa shape index (κ3) is 1.96. The van der Waals surface area contributed by atoms with Crippen molar-refractivity contribution in [1.29, 1.82) is 0 Å². The molecule has 1 atom stereocenters. The first-order valence-electron chi connectivity index (χ1n) is 5.32. The van der Waals surface area contributed by atoms with Crippen LogP contribution in [0.3, 0.4) is 0 Å². The van der Waals surface area contributed by atoms with Crippen LogP contribution in [0.25, 0.3) is 11.5 Å². The van der Waals surface area contributed by atoms with Gasteiger partial charge in [0, 0.05) is 5.69 Å². The van der Waals surface area contributed by atoms with Crippen LogP contribution in [0.5, 0.6) is 0 Å². The van der Waals surface area contributed by atoms with Gasteiger partial charge >= 0.3 is 0 Å². The number of aryl methyl sites for hydroxylation is 1. The summed E-state index contributed by atoms with van der Waals surface area (Å²) in [5.41, 5.74) is 7.63. The quantitative estimate of drug-likeness (QED) is 0.817. The topological polar surface area (TPSA) is 93.6 Å². The van der Waals surface area contributed by atoms with Crippen LogP contribution in [0.4, 0.5) is 0 Å². The zero-order valence-electron chi connectivity index (χ0n) is 9.40. The second kappa shape index (κ2) is 4.44. The highest BCUT2D eigenvalue weighted by atomic mass is 16.5. The summed E-state index contributed by atoms with van der Waals surface area (Å²) in [4.78, 5) is 4.27. The average Bonchev–Trinajstić information content (AvgIpc) is 2.86. The normalized spacial score (nSPS) is 12.9. The molecule has 2 heterocycles. The molecule has 0 spiro atoms. The van der Waals surface area contributed by atoms with Crippen molar-refractivity contribution in [3.8, 4) is 11.5 Å². The fourth-order valence-corrected chi connectivity index (χ4v) is 1.50. The van der Waals surface area contributed by atoms with Gasteiger partial charge in [0.2, 0.25) is 0 Å². The van der Waals surface area contributed by atoms with Crippen LogP contribution in [-0.4, -0.2) is 20.3 Å². The Hall–Kier alpha value is -1.69. The lowest BCUT2D eigenvalue weighted by Gasteiger charge is -2.02. The summed E-state index contributed by atoms with van der Waals surface area (Å²) in [5.74, 6) is 1.02. The third-order valence-electron chi connectivity index (χ3n) is 2.43. The summed E-state index contributed by atoms with van der Waals surface area (Å²) < 4.78 is 5.16. The molecule has 6 heteroatoms. The zero-order chi connectivity index (χ0) is 11.5. The SMILES string of the molecule is CCCC(N)c1noc(-c2cn[nH]c2C)n1. The van der Waals surface area contributed by atoms with Crippen molar-refractivity contribution in [2.75, 3.05) is 0 Å². The third-order valence-corrected chi connectivity index (χ3v) is 2.43. The van der Waals surface area contributed by atoms with E-state index < -0.39 is 0 Å². The molecular weight excluding hydrogens is 206 g/mol. The van der Waals surface area contributed by atoms with Crippen molar-refractivity contribution in [3.05, 3.63) is 17.7 Å².